The lowest BCUT2D eigenvalue weighted by molar-refractivity contribution is -0.137. The van der Waals surface area contributed by atoms with E-state index in [1.807, 2.05) is 36.4 Å². The fourth-order valence-corrected chi connectivity index (χ4v) is 1.28. The number of hydrogen-bond acceptors (Lipinski definition) is 3. The van der Waals surface area contributed by atoms with Gasteiger partial charge in [-0.15, -0.1) is 0 Å². The number of ether oxygens (including phenoxy) is 1. The lowest BCUT2D eigenvalue weighted by Gasteiger charge is -2.04. The van der Waals surface area contributed by atoms with Gasteiger partial charge in [0.05, 0.1) is 7.11 Å². The number of allylic oxidation sites excluding steroid dienone is 2. The second kappa shape index (κ2) is 7.06. The number of nitrogens with one attached hydrogen (secondary N) is 1. The van der Waals surface area contributed by atoms with Crippen molar-refractivity contribution in [1.82, 2.24) is 5.32 Å². The fourth-order valence-electron chi connectivity index (χ4n) is 1.28. The Morgan fingerprint density at radius 3 is 2.44 bits per heavy atom. The SMILES string of the molecule is COC(=O)/C(=C/C=Cc1ccccc1)NC(C)=O. The lowest BCUT2D eigenvalue weighted by Crippen LogP contribution is -2.25. The first-order valence-corrected chi connectivity index (χ1v) is 5.43. The van der Waals surface area contributed by atoms with E-state index in [0.717, 1.165) is 5.56 Å². The quantitative estimate of drug-likeness (QED) is 0.500. The molecule has 1 amide bonds. The number of esters is 1. The monoisotopic (exact) mass is 245 g/mol. The van der Waals surface area contributed by atoms with Gasteiger partial charge in [-0.25, -0.2) is 4.79 Å². The highest BCUT2D eigenvalue weighted by atomic mass is 16.5. The minimum absolute atomic E-state index is 0.109. The maximum Gasteiger partial charge on any atom is 0.354 e. The van der Waals surface area contributed by atoms with E-state index in [0.29, 0.717) is 0 Å². The molecule has 0 heterocycles. The van der Waals surface area contributed by atoms with Crippen LogP contribution in [0.25, 0.3) is 6.08 Å². The summed E-state index contributed by atoms with van der Waals surface area (Å²) in [6.07, 6.45) is 5.00. The molecule has 0 aliphatic heterocycles. The van der Waals surface area contributed by atoms with Crippen LogP contribution >= 0.6 is 0 Å². The maximum atomic E-state index is 11.4. The molecule has 0 aliphatic rings. The van der Waals surface area contributed by atoms with E-state index in [1.165, 1.54) is 20.1 Å². The molecule has 0 atom stereocenters. The first-order valence-electron chi connectivity index (χ1n) is 5.43. The van der Waals surface area contributed by atoms with E-state index in [2.05, 4.69) is 10.1 Å². The topological polar surface area (TPSA) is 55.4 Å². The number of benzene rings is 1. The summed E-state index contributed by atoms with van der Waals surface area (Å²) in [6, 6.07) is 9.61. The molecule has 0 saturated carbocycles. The maximum absolute atomic E-state index is 11.4. The van der Waals surface area contributed by atoms with Crippen molar-refractivity contribution in [2.45, 2.75) is 6.92 Å². The third-order valence-corrected chi connectivity index (χ3v) is 2.07. The summed E-state index contributed by atoms with van der Waals surface area (Å²) < 4.78 is 4.56. The number of carbonyl (C=O) groups excluding carboxylic acids is 2. The van der Waals surface area contributed by atoms with Gasteiger partial charge in [-0.05, 0) is 11.6 Å². The Bertz CT molecular complexity index is 475. The molecule has 4 nitrogen and oxygen atoms in total. The van der Waals surface area contributed by atoms with E-state index in [9.17, 15) is 9.59 Å². The highest BCUT2D eigenvalue weighted by molar-refractivity contribution is 5.93. The van der Waals surface area contributed by atoms with Crippen molar-refractivity contribution in [3.8, 4) is 0 Å². The van der Waals surface area contributed by atoms with Gasteiger partial charge >= 0.3 is 5.97 Å². The Kier molecular flexibility index (Phi) is 5.38. The molecule has 4 heteroatoms. The fraction of sp³-hybridized carbons (Fsp3) is 0.143. The summed E-state index contributed by atoms with van der Waals surface area (Å²) in [7, 11) is 1.26. The summed E-state index contributed by atoms with van der Waals surface area (Å²) in [4.78, 5) is 22.3. The Labute approximate surface area is 106 Å². The average Bonchev–Trinajstić information content (AvgIpc) is 2.37. The molecule has 1 N–H and O–H groups in total. The molecule has 1 aromatic rings. The van der Waals surface area contributed by atoms with Crippen LogP contribution in [0, 0.1) is 0 Å². The molecule has 0 radical (unpaired) electrons. The van der Waals surface area contributed by atoms with E-state index >= 15 is 0 Å². The van der Waals surface area contributed by atoms with Gasteiger partial charge < -0.3 is 10.1 Å². The van der Waals surface area contributed by atoms with Crippen LogP contribution in [-0.2, 0) is 14.3 Å². The smallest absolute Gasteiger partial charge is 0.354 e. The number of methoxy groups -OCH3 is 1. The van der Waals surface area contributed by atoms with Gasteiger partial charge in [0.2, 0.25) is 5.91 Å². The predicted molar refractivity (Wildman–Crippen MR) is 69.4 cm³/mol. The molecule has 0 bridgehead atoms. The molecule has 1 aromatic carbocycles. The molecule has 0 saturated heterocycles. The van der Waals surface area contributed by atoms with E-state index < -0.39 is 5.97 Å². The first kappa shape index (κ1) is 13.7. The summed E-state index contributed by atoms with van der Waals surface area (Å²) >= 11 is 0. The summed E-state index contributed by atoms with van der Waals surface area (Å²) in [5, 5.41) is 2.41. The second-order valence-electron chi connectivity index (χ2n) is 3.52. The number of rotatable bonds is 4. The molecule has 0 spiro atoms. The van der Waals surface area contributed by atoms with Crippen LogP contribution in [-0.4, -0.2) is 19.0 Å². The molecule has 18 heavy (non-hydrogen) atoms. The number of hydrogen-bond donors (Lipinski definition) is 1. The van der Waals surface area contributed by atoms with Gasteiger partial charge in [0.25, 0.3) is 0 Å². The molecule has 94 valence electrons. The largest absolute Gasteiger partial charge is 0.464 e. The zero-order chi connectivity index (χ0) is 13.4. The van der Waals surface area contributed by atoms with Crippen LogP contribution in [0.5, 0.6) is 0 Å². The molecule has 0 aliphatic carbocycles. The van der Waals surface area contributed by atoms with Crippen LogP contribution in [0.2, 0.25) is 0 Å². The number of amides is 1. The van der Waals surface area contributed by atoms with E-state index in [1.54, 1.807) is 6.08 Å². The Morgan fingerprint density at radius 1 is 1.22 bits per heavy atom. The van der Waals surface area contributed by atoms with Crippen molar-refractivity contribution in [3.05, 3.63) is 53.7 Å². The Balaban J connectivity index is 2.80. The Hall–Kier alpha value is -2.36. The van der Waals surface area contributed by atoms with Gasteiger partial charge in [0.1, 0.15) is 5.70 Å². The molecule has 0 unspecified atom stereocenters. The van der Waals surface area contributed by atoms with Crippen LogP contribution in [0.4, 0.5) is 0 Å². The zero-order valence-corrected chi connectivity index (χ0v) is 10.3. The Morgan fingerprint density at radius 2 is 1.89 bits per heavy atom. The minimum Gasteiger partial charge on any atom is -0.464 e. The normalized spacial score (nSPS) is 11.3. The second-order valence-corrected chi connectivity index (χ2v) is 3.52. The van der Waals surface area contributed by atoms with Crippen LogP contribution < -0.4 is 5.32 Å². The molecular weight excluding hydrogens is 230 g/mol. The minimum atomic E-state index is -0.581. The van der Waals surface area contributed by atoms with Gasteiger partial charge in [0.15, 0.2) is 0 Å². The highest BCUT2D eigenvalue weighted by Crippen LogP contribution is 2.02. The molecule has 1 rings (SSSR count). The first-order chi connectivity index (χ1) is 8.63. The van der Waals surface area contributed by atoms with Gasteiger partial charge in [0, 0.05) is 6.92 Å². The lowest BCUT2D eigenvalue weighted by atomic mass is 10.2. The van der Waals surface area contributed by atoms with Crippen molar-refractivity contribution < 1.29 is 14.3 Å². The van der Waals surface area contributed by atoms with E-state index in [4.69, 9.17) is 0 Å². The summed E-state index contributed by atoms with van der Waals surface area (Å²) in [5.41, 5.74) is 1.11. The third-order valence-electron chi connectivity index (χ3n) is 2.07. The third kappa shape index (κ3) is 4.65. The highest BCUT2D eigenvalue weighted by Gasteiger charge is 2.09. The van der Waals surface area contributed by atoms with Crippen LogP contribution in [0.1, 0.15) is 12.5 Å². The average molecular weight is 245 g/mol. The van der Waals surface area contributed by atoms with Crippen molar-refractivity contribution in [2.75, 3.05) is 7.11 Å². The number of carbonyl (C=O) groups is 2. The standard InChI is InChI=1S/C14H15NO3/c1-11(16)15-13(14(17)18-2)10-6-9-12-7-4-3-5-8-12/h3-10H,1-2H3,(H,15,16)/b9-6?,13-10-. The van der Waals surface area contributed by atoms with Crippen molar-refractivity contribution >= 4 is 18.0 Å². The van der Waals surface area contributed by atoms with Crippen molar-refractivity contribution in [3.63, 3.8) is 0 Å². The zero-order valence-electron chi connectivity index (χ0n) is 10.3. The summed E-state index contributed by atoms with van der Waals surface area (Å²) in [6.45, 7) is 1.33. The van der Waals surface area contributed by atoms with E-state index in [-0.39, 0.29) is 11.6 Å². The predicted octanol–water partition coefficient (Wildman–Crippen LogP) is 1.89. The van der Waals surface area contributed by atoms with Gasteiger partial charge in [-0.2, -0.15) is 0 Å². The molecule has 0 fully saturated rings. The van der Waals surface area contributed by atoms with Crippen LogP contribution in [0.15, 0.2) is 48.2 Å². The molecular formula is C14H15NO3. The van der Waals surface area contributed by atoms with Crippen molar-refractivity contribution in [1.29, 1.82) is 0 Å². The summed E-state index contributed by atoms with van der Waals surface area (Å²) in [5.74, 6) is -0.900. The van der Waals surface area contributed by atoms with Gasteiger partial charge in [-0.3, -0.25) is 4.79 Å². The van der Waals surface area contributed by atoms with Gasteiger partial charge in [-0.1, -0.05) is 42.5 Å². The molecule has 0 aromatic heterocycles. The van der Waals surface area contributed by atoms with Crippen LogP contribution in [0.3, 0.4) is 0 Å². The van der Waals surface area contributed by atoms with Crippen molar-refractivity contribution in [2.24, 2.45) is 0 Å².